The van der Waals surface area contributed by atoms with Crippen molar-refractivity contribution in [3.63, 3.8) is 0 Å². The van der Waals surface area contributed by atoms with Crippen molar-refractivity contribution in [2.45, 2.75) is 13.8 Å². The van der Waals surface area contributed by atoms with Crippen molar-refractivity contribution < 1.29 is 13.9 Å². The SMILES string of the molecule is CCOCCN(CCOCC)c1ccc(N)cc1F. The third kappa shape index (κ3) is 5.44. The highest BCUT2D eigenvalue weighted by molar-refractivity contribution is 5.54. The molecule has 0 aliphatic heterocycles. The molecular formula is C14H23FN2O2. The van der Waals surface area contributed by atoms with Gasteiger partial charge in [-0.1, -0.05) is 0 Å². The summed E-state index contributed by atoms with van der Waals surface area (Å²) in [5.41, 5.74) is 6.53. The first kappa shape index (κ1) is 15.7. The number of nitrogens with two attached hydrogens (primary N) is 1. The molecule has 0 atom stereocenters. The lowest BCUT2D eigenvalue weighted by Crippen LogP contribution is -2.31. The van der Waals surface area contributed by atoms with E-state index in [1.54, 1.807) is 12.1 Å². The molecule has 5 heteroatoms. The topological polar surface area (TPSA) is 47.7 Å². The number of nitrogens with zero attached hydrogens (tertiary/aromatic N) is 1. The van der Waals surface area contributed by atoms with E-state index < -0.39 is 0 Å². The number of nitrogen functional groups attached to an aromatic ring is 1. The van der Waals surface area contributed by atoms with Gasteiger partial charge in [-0.05, 0) is 32.0 Å². The molecule has 0 fully saturated rings. The monoisotopic (exact) mass is 270 g/mol. The highest BCUT2D eigenvalue weighted by Crippen LogP contribution is 2.21. The lowest BCUT2D eigenvalue weighted by Gasteiger charge is -2.25. The highest BCUT2D eigenvalue weighted by Gasteiger charge is 2.11. The summed E-state index contributed by atoms with van der Waals surface area (Å²) in [6, 6.07) is 4.74. The zero-order valence-corrected chi connectivity index (χ0v) is 11.7. The van der Waals surface area contributed by atoms with Crippen LogP contribution in [0, 0.1) is 5.82 Å². The van der Waals surface area contributed by atoms with E-state index in [9.17, 15) is 4.39 Å². The molecule has 2 N–H and O–H groups in total. The van der Waals surface area contributed by atoms with Gasteiger partial charge in [-0.25, -0.2) is 4.39 Å². The zero-order valence-electron chi connectivity index (χ0n) is 11.7. The molecule has 0 aromatic heterocycles. The lowest BCUT2D eigenvalue weighted by atomic mass is 10.2. The van der Waals surface area contributed by atoms with Gasteiger partial charge in [-0.2, -0.15) is 0 Å². The molecule has 108 valence electrons. The van der Waals surface area contributed by atoms with Crippen LogP contribution in [0.3, 0.4) is 0 Å². The van der Waals surface area contributed by atoms with E-state index in [0.717, 1.165) is 0 Å². The van der Waals surface area contributed by atoms with Gasteiger partial charge in [-0.15, -0.1) is 0 Å². The molecular weight excluding hydrogens is 247 g/mol. The van der Waals surface area contributed by atoms with Crippen molar-refractivity contribution in [1.29, 1.82) is 0 Å². The quantitative estimate of drug-likeness (QED) is 0.552. The van der Waals surface area contributed by atoms with Gasteiger partial charge in [0, 0.05) is 32.0 Å². The average molecular weight is 270 g/mol. The number of ether oxygens (including phenoxy) is 2. The number of anilines is 2. The summed E-state index contributed by atoms with van der Waals surface area (Å²) in [6.07, 6.45) is 0. The Hall–Kier alpha value is -1.33. The second kappa shape index (κ2) is 8.72. The smallest absolute Gasteiger partial charge is 0.148 e. The Kier molecular flexibility index (Phi) is 7.22. The summed E-state index contributed by atoms with van der Waals surface area (Å²) in [6.45, 7) is 7.57. The van der Waals surface area contributed by atoms with E-state index in [1.165, 1.54) is 6.07 Å². The van der Waals surface area contributed by atoms with Gasteiger partial charge in [0.15, 0.2) is 0 Å². The third-order valence-corrected chi connectivity index (χ3v) is 2.73. The summed E-state index contributed by atoms with van der Waals surface area (Å²) in [7, 11) is 0. The Bertz CT molecular complexity index is 364. The van der Waals surface area contributed by atoms with Crippen molar-refractivity contribution in [3.8, 4) is 0 Å². The number of halogens is 1. The van der Waals surface area contributed by atoms with E-state index in [2.05, 4.69) is 0 Å². The number of hydrogen-bond acceptors (Lipinski definition) is 4. The minimum atomic E-state index is -0.312. The van der Waals surface area contributed by atoms with Crippen LogP contribution in [0.5, 0.6) is 0 Å². The number of hydrogen-bond donors (Lipinski definition) is 1. The Labute approximate surface area is 114 Å². The van der Waals surface area contributed by atoms with Crippen molar-refractivity contribution in [1.82, 2.24) is 0 Å². The second-order valence-electron chi connectivity index (χ2n) is 4.09. The molecule has 0 saturated carbocycles. The first-order valence-electron chi connectivity index (χ1n) is 6.64. The van der Waals surface area contributed by atoms with Gasteiger partial charge < -0.3 is 20.1 Å². The molecule has 0 aliphatic rings. The van der Waals surface area contributed by atoms with Gasteiger partial charge in [0.2, 0.25) is 0 Å². The van der Waals surface area contributed by atoms with Crippen LogP contribution in [0.4, 0.5) is 15.8 Å². The zero-order chi connectivity index (χ0) is 14.1. The summed E-state index contributed by atoms with van der Waals surface area (Å²) in [5, 5.41) is 0. The number of rotatable bonds is 9. The van der Waals surface area contributed by atoms with Crippen LogP contribution in [0.1, 0.15) is 13.8 Å². The van der Waals surface area contributed by atoms with Gasteiger partial charge in [-0.3, -0.25) is 0 Å². The minimum absolute atomic E-state index is 0.312. The fourth-order valence-electron chi connectivity index (χ4n) is 1.77. The van der Waals surface area contributed by atoms with Crippen LogP contribution in [-0.2, 0) is 9.47 Å². The minimum Gasteiger partial charge on any atom is -0.399 e. The molecule has 0 saturated heterocycles. The highest BCUT2D eigenvalue weighted by atomic mass is 19.1. The van der Waals surface area contributed by atoms with Crippen LogP contribution in [-0.4, -0.2) is 39.5 Å². The normalized spacial score (nSPS) is 10.7. The van der Waals surface area contributed by atoms with Crippen LogP contribution in [0.15, 0.2) is 18.2 Å². The van der Waals surface area contributed by atoms with E-state index in [0.29, 0.717) is 50.9 Å². The predicted molar refractivity (Wildman–Crippen MR) is 76.0 cm³/mol. The molecule has 0 unspecified atom stereocenters. The number of benzene rings is 1. The fourth-order valence-corrected chi connectivity index (χ4v) is 1.77. The molecule has 0 aliphatic carbocycles. The molecule has 0 radical (unpaired) electrons. The summed E-state index contributed by atoms with van der Waals surface area (Å²) >= 11 is 0. The summed E-state index contributed by atoms with van der Waals surface area (Å²) in [5.74, 6) is -0.312. The van der Waals surface area contributed by atoms with Crippen LogP contribution >= 0.6 is 0 Å². The molecule has 0 amide bonds. The van der Waals surface area contributed by atoms with E-state index in [4.69, 9.17) is 15.2 Å². The Morgan fingerprint density at radius 3 is 2.16 bits per heavy atom. The standard InChI is InChI=1S/C14H23FN2O2/c1-3-18-9-7-17(8-10-19-4-2)14-6-5-12(16)11-13(14)15/h5-6,11H,3-4,7-10,16H2,1-2H3. The molecule has 0 spiro atoms. The van der Waals surface area contributed by atoms with Crippen molar-refractivity contribution in [2.24, 2.45) is 0 Å². The van der Waals surface area contributed by atoms with E-state index in [1.807, 2.05) is 18.7 Å². The third-order valence-electron chi connectivity index (χ3n) is 2.73. The molecule has 0 heterocycles. The Morgan fingerprint density at radius 2 is 1.68 bits per heavy atom. The average Bonchev–Trinajstić information content (AvgIpc) is 2.38. The maximum Gasteiger partial charge on any atom is 0.148 e. The van der Waals surface area contributed by atoms with E-state index in [-0.39, 0.29) is 5.82 Å². The van der Waals surface area contributed by atoms with E-state index >= 15 is 0 Å². The van der Waals surface area contributed by atoms with Crippen LogP contribution in [0.2, 0.25) is 0 Å². The molecule has 1 rings (SSSR count). The largest absolute Gasteiger partial charge is 0.399 e. The first-order chi connectivity index (χ1) is 9.19. The van der Waals surface area contributed by atoms with Gasteiger partial charge in [0.25, 0.3) is 0 Å². The van der Waals surface area contributed by atoms with Crippen LogP contribution in [0.25, 0.3) is 0 Å². The molecule has 19 heavy (non-hydrogen) atoms. The Morgan fingerprint density at radius 1 is 1.11 bits per heavy atom. The molecule has 1 aromatic carbocycles. The van der Waals surface area contributed by atoms with Crippen molar-refractivity contribution in [3.05, 3.63) is 24.0 Å². The maximum absolute atomic E-state index is 13.9. The van der Waals surface area contributed by atoms with Gasteiger partial charge in [0.05, 0.1) is 18.9 Å². The van der Waals surface area contributed by atoms with Crippen molar-refractivity contribution >= 4 is 11.4 Å². The summed E-state index contributed by atoms with van der Waals surface area (Å²) < 4.78 is 24.6. The lowest BCUT2D eigenvalue weighted by molar-refractivity contribution is 0.141. The van der Waals surface area contributed by atoms with Crippen molar-refractivity contribution in [2.75, 3.05) is 50.2 Å². The second-order valence-corrected chi connectivity index (χ2v) is 4.09. The molecule has 1 aromatic rings. The van der Waals surface area contributed by atoms with Crippen LogP contribution < -0.4 is 10.6 Å². The summed E-state index contributed by atoms with van der Waals surface area (Å²) in [4.78, 5) is 1.92. The first-order valence-corrected chi connectivity index (χ1v) is 6.64. The predicted octanol–water partition coefficient (Wildman–Crippen LogP) is 2.29. The molecule has 0 bridgehead atoms. The Balaban J connectivity index is 2.69. The molecule has 4 nitrogen and oxygen atoms in total. The van der Waals surface area contributed by atoms with Gasteiger partial charge >= 0.3 is 0 Å². The maximum atomic E-state index is 13.9. The van der Waals surface area contributed by atoms with Gasteiger partial charge in [0.1, 0.15) is 5.82 Å². The fraction of sp³-hybridized carbons (Fsp3) is 0.571.